The lowest BCUT2D eigenvalue weighted by Gasteiger charge is -2.35. The fourth-order valence-electron chi connectivity index (χ4n) is 5.64. The van der Waals surface area contributed by atoms with Gasteiger partial charge in [0, 0.05) is 45.6 Å². The van der Waals surface area contributed by atoms with Crippen LogP contribution in [-0.2, 0) is 14.4 Å². The predicted octanol–water partition coefficient (Wildman–Crippen LogP) is 1.78. The summed E-state index contributed by atoms with van der Waals surface area (Å²) in [5.74, 6) is 0.151. The monoisotopic (exact) mass is 447 g/mol. The highest BCUT2D eigenvalue weighted by molar-refractivity contribution is 6.08. The molecule has 0 aromatic rings. The summed E-state index contributed by atoms with van der Waals surface area (Å²) >= 11 is 0. The largest absolute Gasteiger partial charge is 0.344 e. The second-order valence-electron chi connectivity index (χ2n) is 9.93. The van der Waals surface area contributed by atoms with Crippen molar-refractivity contribution in [1.29, 1.82) is 0 Å². The average molecular weight is 448 g/mol. The van der Waals surface area contributed by atoms with Gasteiger partial charge in [0.15, 0.2) is 0 Å². The first-order valence-corrected chi connectivity index (χ1v) is 12.4. The zero-order valence-corrected chi connectivity index (χ0v) is 19.1. The summed E-state index contributed by atoms with van der Waals surface area (Å²) in [4.78, 5) is 54.2. The molecule has 178 valence electrons. The summed E-state index contributed by atoms with van der Waals surface area (Å²) < 4.78 is 0. The van der Waals surface area contributed by atoms with Crippen LogP contribution in [0.1, 0.15) is 77.0 Å². The minimum absolute atomic E-state index is 0.208. The van der Waals surface area contributed by atoms with Gasteiger partial charge in [-0.25, -0.2) is 4.79 Å². The molecule has 0 aromatic heterocycles. The van der Waals surface area contributed by atoms with Gasteiger partial charge >= 0.3 is 6.03 Å². The Morgan fingerprint density at radius 2 is 1.59 bits per heavy atom. The van der Waals surface area contributed by atoms with Crippen LogP contribution in [0, 0.1) is 5.92 Å². The van der Waals surface area contributed by atoms with E-state index < -0.39 is 11.6 Å². The van der Waals surface area contributed by atoms with Crippen molar-refractivity contribution in [2.24, 2.45) is 5.92 Å². The fraction of sp³-hybridized carbons (Fsp3) is 0.826. The molecule has 2 N–H and O–H groups in total. The van der Waals surface area contributed by atoms with Crippen molar-refractivity contribution in [3.05, 3.63) is 0 Å². The first-order valence-electron chi connectivity index (χ1n) is 12.4. The average Bonchev–Trinajstić information content (AvgIpc) is 3.03. The van der Waals surface area contributed by atoms with Gasteiger partial charge in [-0.2, -0.15) is 5.01 Å². The number of carbonyl (C=O) groups excluding carboxylic acids is 4. The maximum Gasteiger partial charge on any atom is 0.344 e. The van der Waals surface area contributed by atoms with Gasteiger partial charge < -0.3 is 10.2 Å². The molecule has 0 atom stereocenters. The highest BCUT2D eigenvalue weighted by Crippen LogP contribution is 2.33. The number of piperazine rings is 1. The third-order valence-electron chi connectivity index (χ3n) is 7.67. The SMILES string of the molecule is O=C(CCN1CCN(C(=O)CC2CCCCC2)CC1)NN1C(=O)NC2(CCCCC2)C1=O. The van der Waals surface area contributed by atoms with Gasteiger partial charge in [-0.15, -0.1) is 0 Å². The van der Waals surface area contributed by atoms with Gasteiger partial charge in [0.25, 0.3) is 5.91 Å². The van der Waals surface area contributed by atoms with Gasteiger partial charge in [-0.05, 0) is 31.6 Å². The van der Waals surface area contributed by atoms with Crippen molar-refractivity contribution in [3.8, 4) is 0 Å². The van der Waals surface area contributed by atoms with E-state index >= 15 is 0 Å². The van der Waals surface area contributed by atoms with Crippen molar-refractivity contribution in [3.63, 3.8) is 0 Å². The molecule has 4 fully saturated rings. The molecule has 1 spiro atoms. The Bertz CT molecular complexity index is 722. The Hall–Kier alpha value is -2.16. The number of hydrazine groups is 1. The summed E-state index contributed by atoms with van der Waals surface area (Å²) in [5.41, 5.74) is 1.67. The van der Waals surface area contributed by atoms with Gasteiger partial charge in [0.2, 0.25) is 11.8 Å². The molecule has 2 heterocycles. The number of amides is 5. The van der Waals surface area contributed by atoms with Crippen molar-refractivity contribution in [2.45, 2.75) is 82.6 Å². The van der Waals surface area contributed by atoms with E-state index in [1.54, 1.807) is 0 Å². The highest BCUT2D eigenvalue weighted by atomic mass is 16.2. The fourth-order valence-corrected chi connectivity index (χ4v) is 5.64. The first-order chi connectivity index (χ1) is 15.5. The molecule has 32 heavy (non-hydrogen) atoms. The number of urea groups is 1. The molecule has 4 rings (SSSR count). The normalized spacial score (nSPS) is 24.6. The van der Waals surface area contributed by atoms with Crippen LogP contribution in [0.5, 0.6) is 0 Å². The lowest BCUT2D eigenvalue weighted by molar-refractivity contribution is -0.140. The third kappa shape index (κ3) is 5.24. The Kier molecular flexibility index (Phi) is 7.33. The zero-order valence-electron chi connectivity index (χ0n) is 19.1. The molecule has 2 aliphatic carbocycles. The minimum atomic E-state index is -0.830. The second kappa shape index (κ2) is 10.2. The lowest BCUT2D eigenvalue weighted by Crippen LogP contribution is -2.52. The van der Waals surface area contributed by atoms with Crippen LogP contribution >= 0.6 is 0 Å². The van der Waals surface area contributed by atoms with E-state index in [4.69, 9.17) is 0 Å². The maximum absolute atomic E-state index is 12.8. The second-order valence-corrected chi connectivity index (χ2v) is 9.93. The van der Waals surface area contributed by atoms with E-state index in [0.29, 0.717) is 44.8 Å². The topological polar surface area (TPSA) is 102 Å². The summed E-state index contributed by atoms with van der Waals surface area (Å²) in [6.45, 7) is 3.43. The Morgan fingerprint density at radius 3 is 2.28 bits per heavy atom. The molecule has 0 unspecified atom stereocenters. The lowest BCUT2D eigenvalue weighted by atomic mass is 9.82. The molecule has 9 heteroatoms. The van der Waals surface area contributed by atoms with E-state index in [0.717, 1.165) is 37.4 Å². The van der Waals surface area contributed by atoms with E-state index in [-0.39, 0.29) is 24.1 Å². The molecular weight excluding hydrogens is 410 g/mol. The Balaban J connectivity index is 1.16. The van der Waals surface area contributed by atoms with E-state index in [9.17, 15) is 19.2 Å². The van der Waals surface area contributed by atoms with Crippen LogP contribution in [0.2, 0.25) is 0 Å². The van der Waals surface area contributed by atoms with Crippen molar-refractivity contribution < 1.29 is 19.2 Å². The number of nitrogens with one attached hydrogen (secondary N) is 2. The van der Waals surface area contributed by atoms with Crippen LogP contribution in [0.3, 0.4) is 0 Å². The highest BCUT2D eigenvalue weighted by Gasteiger charge is 2.52. The van der Waals surface area contributed by atoms with Crippen LogP contribution in [0.4, 0.5) is 4.79 Å². The number of hydrogen-bond acceptors (Lipinski definition) is 5. The molecule has 2 saturated carbocycles. The van der Waals surface area contributed by atoms with Crippen LogP contribution in [0.15, 0.2) is 0 Å². The molecule has 9 nitrogen and oxygen atoms in total. The van der Waals surface area contributed by atoms with Crippen LogP contribution in [-0.4, -0.2) is 76.8 Å². The molecule has 0 aromatic carbocycles. The third-order valence-corrected chi connectivity index (χ3v) is 7.67. The molecule has 5 amide bonds. The number of rotatable bonds is 6. The van der Waals surface area contributed by atoms with Gasteiger partial charge in [0.1, 0.15) is 5.54 Å². The predicted molar refractivity (Wildman–Crippen MR) is 118 cm³/mol. The van der Waals surface area contributed by atoms with Crippen molar-refractivity contribution >= 4 is 23.8 Å². The van der Waals surface area contributed by atoms with Gasteiger partial charge in [0.05, 0.1) is 0 Å². The smallest absolute Gasteiger partial charge is 0.340 e. The molecular formula is C23H37N5O4. The number of nitrogens with zero attached hydrogens (tertiary/aromatic N) is 3. The summed E-state index contributed by atoms with van der Waals surface area (Å²) in [6.07, 6.45) is 11.2. The Labute approximate surface area is 190 Å². The van der Waals surface area contributed by atoms with Crippen molar-refractivity contribution in [2.75, 3.05) is 32.7 Å². The molecule has 2 saturated heterocycles. The quantitative estimate of drug-likeness (QED) is 0.605. The van der Waals surface area contributed by atoms with Crippen LogP contribution in [0.25, 0.3) is 0 Å². The standard InChI is InChI=1S/C23H37N5O4/c29-19(25-28-21(31)23(24-22(28)32)10-5-2-6-11-23)9-12-26-13-15-27(16-14-26)20(30)17-18-7-3-1-4-8-18/h18H,1-17H2,(H,24,32)(H,25,29). The molecule has 0 bridgehead atoms. The number of hydrogen-bond donors (Lipinski definition) is 2. The van der Waals surface area contributed by atoms with Gasteiger partial charge in [-0.3, -0.25) is 24.7 Å². The van der Waals surface area contributed by atoms with E-state index in [1.165, 1.54) is 32.1 Å². The first kappa shape index (κ1) is 23.0. The minimum Gasteiger partial charge on any atom is -0.340 e. The van der Waals surface area contributed by atoms with Crippen molar-refractivity contribution in [1.82, 2.24) is 25.6 Å². The molecule has 0 radical (unpaired) electrons. The zero-order chi connectivity index (χ0) is 22.6. The van der Waals surface area contributed by atoms with E-state index in [2.05, 4.69) is 15.6 Å². The molecule has 2 aliphatic heterocycles. The summed E-state index contributed by atoms with van der Waals surface area (Å²) in [7, 11) is 0. The number of carbonyl (C=O) groups is 4. The molecule has 4 aliphatic rings. The summed E-state index contributed by atoms with van der Waals surface area (Å²) in [6, 6.07) is -0.532. The van der Waals surface area contributed by atoms with Crippen LogP contribution < -0.4 is 10.7 Å². The number of imide groups is 1. The van der Waals surface area contributed by atoms with Gasteiger partial charge in [-0.1, -0.05) is 38.5 Å². The maximum atomic E-state index is 12.8. The summed E-state index contributed by atoms with van der Waals surface area (Å²) in [5, 5.41) is 3.67. The Morgan fingerprint density at radius 1 is 0.938 bits per heavy atom. The van der Waals surface area contributed by atoms with E-state index in [1.807, 2.05) is 4.90 Å².